The van der Waals surface area contributed by atoms with Gasteiger partial charge in [0.15, 0.2) is 0 Å². The molecule has 2 aliphatic rings. The third kappa shape index (κ3) is 8.38. The van der Waals surface area contributed by atoms with Crippen molar-refractivity contribution in [3.63, 3.8) is 0 Å². The van der Waals surface area contributed by atoms with Crippen LogP contribution in [0.3, 0.4) is 0 Å². The molecule has 10 heteroatoms. The van der Waals surface area contributed by atoms with Gasteiger partial charge in [-0.1, -0.05) is 46.8 Å². The zero-order chi connectivity index (χ0) is 30.2. The fourth-order valence-electron chi connectivity index (χ4n) is 5.47. The number of halogens is 1. The molecule has 1 aromatic carbocycles. The van der Waals surface area contributed by atoms with Crippen LogP contribution in [-0.2, 0) is 29.0 Å². The van der Waals surface area contributed by atoms with E-state index in [9.17, 15) is 18.8 Å². The summed E-state index contributed by atoms with van der Waals surface area (Å²) in [6, 6.07) is 5.46. The topological polar surface area (TPSA) is 99.6 Å². The van der Waals surface area contributed by atoms with Gasteiger partial charge >= 0.3 is 0 Å². The Morgan fingerprint density at radius 3 is 2.46 bits per heavy atom. The molecule has 2 unspecified atom stereocenters. The number of fused-ring (bicyclic) bond motifs is 1. The molecule has 2 aliphatic heterocycles. The number of rotatable bonds is 10. The number of hydrogen-bond donors (Lipinski definition) is 2. The van der Waals surface area contributed by atoms with Gasteiger partial charge in [0, 0.05) is 44.8 Å². The molecule has 2 atom stereocenters. The Bertz CT molecular complexity index is 1150. The summed E-state index contributed by atoms with van der Waals surface area (Å²) in [5.74, 6) is 0.120. The molecule has 0 bridgehead atoms. The number of hydrogen-bond acceptors (Lipinski definition) is 5. The van der Waals surface area contributed by atoms with Crippen LogP contribution in [0.4, 0.5) is 4.39 Å². The van der Waals surface area contributed by atoms with Gasteiger partial charge in [-0.15, -0.1) is 0 Å². The Labute approximate surface area is 243 Å². The Kier molecular flexibility index (Phi) is 11.5. The number of carbonyl (C=O) groups is 3. The van der Waals surface area contributed by atoms with E-state index in [2.05, 4.69) is 15.6 Å². The van der Waals surface area contributed by atoms with Gasteiger partial charge in [0.05, 0.1) is 6.54 Å². The molecule has 2 aromatic rings. The standard InChI is InChI=1S/C29H41FN6O3.C2H6/c1-29(2,3)26(33-25(37)17-31-4)28(39)36-15-5-7-22(36)18-35(16-13-20-9-11-21(30)12-10-20)27(38)23-19-34-14-6-8-24(34)32-23;1-2/h9-12,19,22,26,31H,5-8,13-18H2,1-4H3,(H,33,37);1-2H3. The molecule has 0 radical (unpaired) electrons. The van der Waals surface area contributed by atoms with Gasteiger partial charge in [0.25, 0.3) is 5.91 Å². The molecule has 2 N–H and O–H groups in total. The van der Waals surface area contributed by atoms with E-state index in [-0.39, 0.29) is 36.1 Å². The first-order chi connectivity index (χ1) is 19.6. The predicted octanol–water partition coefficient (Wildman–Crippen LogP) is 3.42. The van der Waals surface area contributed by atoms with E-state index in [0.717, 1.165) is 43.6 Å². The quantitative estimate of drug-likeness (QED) is 0.456. The SMILES string of the molecule is CC.CNCC(=O)NC(C(=O)N1CCCC1CN(CCc1ccc(F)cc1)C(=O)c1cn2c(n1)CCC2)C(C)(C)C. The lowest BCUT2D eigenvalue weighted by Crippen LogP contribution is -2.58. The van der Waals surface area contributed by atoms with Crippen LogP contribution in [0.5, 0.6) is 0 Å². The van der Waals surface area contributed by atoms with Crippen LogP contribution in [0.2, 0.25) is 0 Å². The molecular formula is C31H47FN6O3. The van der Waals surface area contributed by atoms with E-state index in [1.807, 2.05) is 50.3 Å². The van der Waals surface area contributed by atoms with E-state index >= 15 is 0 Å². The highest BCUT2D eigenvalue weighted by Crippen LogP contribution is 2.27. The van der Waals surface area contributed by atoms with Gasteiger partial charge in [-0.3, -0.25) is 14.4 Å². The molecule has 1 fully saturated rings. The maximum atomic E-state index is 13.8. The number of nitrogens with one attached hydrogen (secondary N) is 2. The zero-order valence-electron chi connectivity index (χ0n) is 25.5. The van der Waals surface area contributed by atoms with Crippen LogP contribution < -0.4 is 10.6 Å². The number of amides is 3. The summed E-state index contributed by atoms with van der Waals surface area (Å²) in [4.78, 5) is 48.1. The van der Waals surface area contributed by atoms with Crippen molar-refractivity contribution in [1.82, 2.24) is 30.0 Å². The average molecular weight is 571 g/mol. The predicted molar refractivity (Wildman–Crippen MR) is 158 cm³/mol. The van der Waals surface area contributed by atoms with Gasteiger partial charge < -0.3 is 25.0 Å². The molecule has 1 aromatic heterocycles. The molecule has 226 valence electrons. The zero-order valence-corrected chi connectivity index (χ0v) is 25.5. The molecule has 0 spiro atoms. The fourth-order valence-corrected chi connectivity index (χ4v) is 5.47. The van der Waals surface area contributed by atoms with Crippen LogP contribution in [-0.4, -0.2) is 82.4 Å². The third-order valence-electron chi connectivity index (χ3n) is 7.60. The second-order valence-electron chi connectivity index (χ2n) is 11.7. The van der Waals surface area contributed by atoms with Gasteiger partial charge in [0.2, 0.25) is 11.8 Å². The number of aromatic nitrogens is 2. The van der Waals surface area contributed by atoms with Gasteiger partial charge in [-0.25, -0.2) is 9.37 Å². The minimum Gasteiger partial charge on any atom is -0.343 e. The maximum absolute atomic E-state index is 13.8. The van der Waals surface area contributed by atoms with Crippen molar-refractivity contribution >= 4 is 17.7 Å². The molecule has 0 saturated carbocycles. The van der Waals surface area contributed by atoms with Gasteiger partial charge in [-0.05, 0) is 55.8 Å². The number of imidazole rings is 1. The molecule has 0 aliphatic carbocycles. The van der Waals surface area contributed by atoms with Crippen molar-refractivity contribution in [3.8, 4) is 0 Å². The van der Waals surface area contributed by atoms with E-state index in [4.69, 9.17) is 0 Å². The average Bonchev–Trinajstić information content (AvgIpc) is 3.67. The van der Waals surface area contributed by atoms with E-state index in [1.54, 1.807) is 24.1 Å². The van der Waals surface area contributed by atoms with E-state index < -0.39 is 11.5 Å². The third-order valence-corrected chi connectivity index (χ3v) is 7.60. The summed E-state index contributed by atoms with van der Waals surface area (Å²) >= 11 is 0. The first-order valence-electron chi connectivity index (χ1n) is 14.9. The maximum Gasteiger partial charge on any atom is 0.274 e. The van der Waals surface area contributed by atoms with Crippen LogP contribution >= 0.6 is 0 Å². The summed E-state index contributed by atoms with van der Waals surface area (Å²) in [5, 5.41) is 5.74. The highest BCUT2D eigenvalue weighted by Gasteiger charge is 2.40. The molecule has 3 heterocycles. The van der Waals surface area contributed by atoms with Crippen molar-refractivity contribution in [2.75, 3.05) is 33.2 Å². The minimum atomic E-state index is -0.682. The van der Waals surface area contributed by atoms with Crippen LogP contribution in [0, 0.1) is 11.2 Å². The fraction of sp³-hybridized carbons (Fsp3) is 0.613. The second kappa shape index (κ2) is 14.6. The Hall–Kier alpha value is -3.27. The molecular weight excluding hydrogens is 523 g/mol. The summed E-state index contributed by atoms with van der Waals surface area (Å²) < 4.78 is 15.5. The number of likely N-dealkylation sites (N-methyl/N-ethyl adjacent to an activating group) is 1. The van der Waals surface area contributed by atoms with Gasteiger partial charge in [-0.2, -0.15) is 0 Å². The Morgan fingerprint density at radius 1 is 1.12 bits per heavy atom. The molecule has 1 saturated heterocycles. The number of carbonyl (C=O) groups excluding carboxylic acids is 3. The highest BCUT2D eigenvalue weighted by atomic mass is 19.1. The lowest BCUT2D eigenvalue weighted by Gasteiger charge is -2.37. The Morgan fingerprint density at radius 2 is 1.83 bits per heavy atom. The van der Waals surface area contributed by atoms with Crippen molar-refractivity contribution < 1.29 is 18.8 Å². The van der Waals surface area contributed by atoms with Crippen molar-refractivity contribution in [2.45, 2.75) is 85.4 Å². The van der Waals surface area contributed by atoms with Crippen molar-refractivity contribution in [3.05, 3.63) is 53.4 Å². The van der Waals surface area contributed by atoms with Crippen LogP contribution in [0.15, 0.2) is 30.5 Å². The minimum absolute atomic E-state index is 0.124. The Balaban J connectivity index is 0.00000226. The van der Waals surface area contributed by atoms with E-state index in [0.29, 0.717) is 31.7 Å². The summed E-state index contributed by atoms with van der Waals surface area (Å²) in [6.07, 6.45) is 5.89. The monoisotopic (exact) mass is 570 g/mol. The molecule has 4 rings (SSSR count). The molecule has 41 heavy (non-hydrogen) atoms. The smallest absolute Gasteiger partial charge is 0.274 e. The first kappa shape index (κ1) is 32.2. The molecule has 9 nitrogen and oxygen atoms in total. The second-order valence-corrected chi connectivity index (χ2v) is 11.7. The normalized spacial score (nSPS) is 17.0. The first-order valence-corrected chi connectivity index (χ1v) is 14.9. The lowest BCUT2D eigenvalue weighted by atomic mass is 9.85. The van der Waals surface area contributed by atoms with Crippen LogP contribution in [0.1, 0.15) is 75.8 Å². The summed E-state index contributed by atoms with van der Waals surface area (Å²) in [7, 11) is 1.69. The van der Waals surface area contributed by atoms with Crippen LogP contribution in [0.25, 0.3) is 0 Å². The molecule has 3 amide bonds. The lowest BCUT2D eigenvalue weighted by molar-refractivity contribution is -0.140. The summed E-state index contributed by atoms with van der Waals surface area (Å²) in [6.45, 7) is 12.2. The number of likely N-dealkylation sites (tertiary alicyclic amines) is 1. The highest BCUT2D eigenvalue weighted by molar-refractivity contribution is 5.92. The van der Waals surface area contributed by atoms with Crippen molar-refractivity contribution in [1.29, 1.82) is 0 Å². The number of benzene rings is 1. The van der Waals surface area contributed by atoms with E-state index in [1.165, 1.54) is 12.1 Å². The van der Waals surface area contributed by atoms with Crippen molar-refractivity contribution in [2.24, 2.45) is 5.41 Å². The number of aryl methyl sites for hydroxylation is 2. The van der Waals surface area contributed by atoms with Gasteiger partial charge in [0.1, 0.15) is 23.4 Å². The largest absolute Gasteiger partial charge is 0.343 e. The number of nitrogens with zero attached hydrogens (tertiary/aromatic N) is 4. The summed E-state index contributed by atoms with van der Waals surface area (Å²) in [5.41, 5.74) is 0.871.